The van der Waals surface area contributed by atoms with Gasteiger partial charge in [-0.2, -0.15) is 0 Å². The maximum atomic E-state index is 14.4. The number of nitrogens with two attached hydrogens (primary N) is 1. The molecule has 5 amide bonds. The summed E-state index contributed by atoms with van der Waals surface area (Å²) in [6.45, 7) is 17.5. The molecule has 3 rings (SSSR count). The monoisotopic (exact) mass is 1080 g/mol. The van der Waals surface area contributed by atoms with Crippen molar-refractivity contribution >= 4 is 64.1 Å². The number of ketones is 2. The van der Waals surface area contributed by atoms with E-state index in [1.54, 1.807) is 36.4 Å². The van der Waals surface area contributed by atoms with E-state index in [1.165, 1.54) is 25.1 Å². The van der Waals surface area contributed by atoms with E-state index in [4.69, 9.17) is 24.7 Å². The quantitative estimate of drug-likeness (QED) is 0.0275. The lowest BCUT2D eigenvalue weighted by atomic mass is 9.81. The number of nitrogens with one attached hydrogen (secondary N) is 2. The number of carbonyl (C=O) groups excluding carboxylic acids is 8. The number of hydrogen-bond acceptors (Lipinski definition) is 17. The number of thiazole rings is 1. The number of benzene rings is 1. The third-order valence-corrected chi connectivity index (χ3v) is 14.9. The SMILES string of the molecule is CC[C@H](C)[C@H](CC(=O)C(C)(C)N(C)C)C(=O)N(C)[C@H](C[C@@H](OC(C)=O)c1nc(C(=O)N[C@@H](Cc2ccc(O)c(NC(=O)CCCN3C(=O)C=CC3=O)c2)CC(C)C(=O)CCCOCCOCCOCCN)cs1)C(C)C. The fraction of sp³-hybridized carbons (Fsp3) is 0.655. The zero-order valence-corrected chi connectivity index (χ0v) is 47.5. The van der Waals surface area contributed by atoms with Crippen LogP contribution in [0.1, 0.15) is 134 Å². The zero-order valence-electron chi connectivity index (χ0n) is 46.6. The van der Waals surface area contributed by atoms with Crippen LogP contribution in [0.4, 0.5) is 5.69 Å². The zero-order chi connectivity index (χ0) is 56.7. The number of carbonyl (C=O) groups is 8. The molecule has 0 spiro atoms. The van der Waals surface area contributed by atoms with Crippen LogP contribution in [-0.4, -0.2) is 163 Å². The van der Waals surface area contributed by atoms with Crippen LogP contribution in [0.15, 0.2) is 35.7 Å². The van der Waals surface area contributed by atoms with Crippen LogP contribution in [0.5, 0.6) is 5.75 Å². The number of amides is 5. The fourth-order valence-electron chi connectivity index (χ4n) is 8.56. The standard InChI is InChI=1S/C55H85N7O13S/c1-12-36(4)41(32-48(66)55(7,8)60(9)10)54(71)61(11)44(35(2)3)33-47(75-38(6)63)53-59-43(34-76-53)52(70)57-40(29-37(5)45(64)15-14-23-72-25-27-74-28-26-73-24-21-56)30-39-17-18-46(65)42(31-39)58-49(67)16-13-22-62-50(68)19-20-51(62)69/h17-20,31,34-37,40-41,44,47,65H,12-16,21-30,32-33,56H2,1-11H3,(H,57,70)(H,58,67)/t36-,37?,40+,41-,44+,47+/m0/s1. The number of aromatic hydroxyl groups is 1. The molecule has 2 aromatic rings. The molecule has 20 nitrogen and oxygen atoms in total. The number of anilines is 1. The van der Waals surface area contributed by atoms with Gasteiger partial charge in [0.25, 0.3) is 17.7 Å². The van der Waals surface area contributed by atoms with Gasteiger partial charge in [-0.15, -0.1) is 11.3 Å². The maximum absolute atomic E-state index is 14.4. The normalized spacial score (nSPS) is 15.1. The van der Waals surface area contributed by atoms with Crippen LogP contribution in [0.3, 0.4) is 0 Å². The molecule has 2 heterocycles. The number of rotatable bonds is 37. The number of Topliss-reactive ketones (excluding diaryl/α,β-unsaturated/α-hetero) is 2. The first kappa shape index (κ1) is 64.8. The molecular formula is C55H85N7O13S. The lowest BCUT2D eigenvalue weighted by molar-refractivity contribution is -0.150. The minimum Gasteiger partial charge on any atom is -0.506 e. The van der Waals surface area contributed by atoms with Crippen molar-refractivity contribution in [2.75, 3.05) is 79.2 Å². The van der Waals surface area contributed by atoms with E-state index < -0.39 is 65.2 Å². The number of phenols is 1. The van der Waals surface area contributed by atoms with Crippen molar-refractivity contribution < 1.29 is 62.4 Å². The van der Waals surface area contributed by atoms with Gasteiger partial charge in [0.15, 0.2) is 11.9 Å². The van der Waals surface area contributed by atoms with Gasteiger partial charge in [0.2, 0.25) is 11.8 Å². The van der Waals surface area contributed by atoms with E-state index >= 15 is 0 Å². The third-order valence-electron chi connectivity index (χ3n) is 14.0. The van der Waals surface area contributed by atoms with Crippen molar-refractivity contribution in [1.82, 2.24) is 25.0 Å². The summed E-state index contributed by atoms with van der Waals surface area (Å²) in [5.41, 5.74) is 5.41. The summed E-state index contributed by atoms with van der Waals surface area (Å²) in [6.07, 6.45) is 3.60. The first-order valence-electron chi connectivity index (χ1n) is 26.4. The Morgan fingerprint density at radius 1 is 0.882 bits per heavy atom. The average molecular weight is 1080 g/mol. The molecule has 424 valence electrons. The highest BCUT2D eigenvalue weighted by atomic mass is 32.1. The van der Waals surface area contributed by atoms with Crippen molar-refractivity contribution in [3.63, 3.8) is 0 Å². The summed E-state index contributed by atoms with van der Waals surface area (Å²) in [5, 5.41) is 18.4. The second kappa shape index (κ2) is 32.3. The second-order valence-corrected chi connectivity index (χ2v) is 21.5. The number of esters is 1. The minimum atomic E-state index is -0.929. The Balaban J connectivity index is 1.82. The summed E-state index contributed by atoms with van der Waals surface area (Å²) < 4.78 is 22.3. The second-order valence-electron chi connectivity index (χ2n) is 20.6. The summed E-state index contributed by atoms with van der Waals surface area (Å²) in [7, 11) is 5.38. The number of phenolic OH excluding ortho intramolecular Hbond substituents is 1. The number of nitrogens with zero attached hydrogens (tertiary/aromatic N) is 4. The van der Waals surface area contributed by atoms with Gasteiger partial charge in [0.1, 0.15) is 22.2 Å². The molecule has 6 atom stereocenters. The lowest BCUT2D eigenvalue weighted by Crippen LogP contribution is -2.50. The van der Waals surface area contributed by atoms with Crippen LogP contribution in [0.25, 0.3) is 0 Å². The predicted molar refractivity (Wildman–Crippen MR) is 289 cm³/mol. The number of aromatic nitrogens is 1. The van der Waals surface area contributed by atoms with E-state index in [-0.39, 0.29) is 97.9 Å². The molecule has 0 saturated carbocycles. The van der Waals surface area contributed by atoms with E-state index in [9.17, 15) is 43.5 Å². The van der Waals surface area contributed by atoms with Gasteiger partial charge in [0, 0.05) is 101 Å². The molecular weight excluding hydrogens is 999 g/mol. The predicted octanol–water partition coefficient (Wildman–Crippen LogP) is 5.66. The Bertz CT molecular complexity index is 2270. The molecule has 21 heteroatoms. The van der Waals surface area contributed by atoms with Crippen molar-refractivity contribution in [2.45, 2.75) is 137 Å². The van der Waals surface area contributed by atoms with E-state index in [1.807, 2.05) is 60.5 Å². The molecule has 1 aromatic carbocycles. The van der Waals surface area contributed by atoms with Gasteiger partial charge in [-0.1, -0.05) is 47.1 Å². The molecule has 1 aliphatic heterocycles. The maximum Gasteiger partial charge on any atom is 0.303 e. The minimum absolute atomic E-state index is 0.0364. The van der Waals surface area contributed by atoms with Crippen molar-refractivity contribution in [3.8, 4) is 5.75 Å². The molecule has 76 heavy (non-hydrogen) atoms. The number of hydrogen-bond donors (Lipinski definition) is 4. The summed E-state index contributed by atoms with van der Waals surface area (Å²) in [4.78, 5) is 115. The molecule has 1 unspecified atom stereocenters. The largest absolute Gasteiger partial charge is 0.506 e. The number of imide groups is 1. The fourth-order valence-corrected chi connectivity index (χ4v) is 9.40. The van der Waals surface area contributed by atoms with Gasteiger partial charge < -0.3 is 45.3 Å². The topological polar surface area (TPSA) is 266 Å². The molecule has 0 fully saturated rings. The Hall–Kier alpha value is -5.45. The summed E-state index contributed by atoms with van der Waals surface area (Å²) in [5.74, 6) is -4.24. The van der Waals surface area contributed by atoms with Gasteiger partial charge in [-0.05, 0) is 83.2 Å². The van der Waals surface area contributed by atoms with E-state index in [2.05, 4.69) is 15.6 Å². The molecule has 0 aliphatic carbocycles. The lowest BCUT2D eigenvalue weighted by Gasteiger charge is -2.38. The van der Waals surface area contributed by atoms with Crippen molar-refractivity contribution in [1.29, 1.82) is 0 Å². The van der Waals surface area contributed by atoms with Crippen molar-refractivity contribution in [2.24, 2.45) is 29.4 Å². The van der Waals surface area contributed by atoms with Gasteiger partial charge in [0.05, 0.1) is 44.3 Å². The van der Waals surface area contributed by atoms with Crippen LogP contribution in [0.2, 0.25) is 0 Å². The number of ether oxygens (including phenoxy) is 4. The van der Waals surface area contributed by atoms with E-state index in [0.29, 0.717) is 69.6 Å². The Kier molecular flexibility index (Phi) is 27.6. The van der Waals surface area contributed by atoms with Crippen LogP contribution in [-0.2, 0) is 58.9 Å². The number of likely N-dealkylation sites (N-methyl/N-ethyl adjacent to an activating group) is 1. The molecule has 5 N–H and O–H groups in total. The molecule has 1 aromatic heterocycles. The highest BCUT2D eigenvalue weighted by molar-refractivity contribution is 7.09. The summed E-state index contributed by atoms with van der Waals surface area (Å²) in [6, 6.07) is 3.54. The van der Waals surface area contributed by atoms with Gasteiger partial charge >= 0.3 is 5.97 Å². The third kappa shape index (κ3) is 20.8. The van der Waals surface area contributed by atoms with E-state index in [0.717, 1.165) is 16.2 Å². The molecule has 1 aliphatic rings. The molecule has 0 bridgehead atoms. The van der Waals surface area contributed by atoms with Gasteiger partial charge in [-0.3, -0.25) is 48.2 Å². The highest BCUT2D eigenvalue weighted by Crippen LogP contribution is 2.33. The first-order chi connectivity index (χ1) is 35.9. The van der Waals surface area contributed by atoms with Crippen LogP contribution < -0.4 is 16.4 Å². The smallest absolute Gasteiger partial charge is 0.303 e. The van der Waals surface area contributed by atoms with Crippen molar-refractivity contribution in [3.05, 3.63) is 52.0 Å². The molecule has 0 radical (unpaired) electrons. The summed E-state index contributed by atoms with van der Waals surface area (Å²) >= 11 is 1.13. The van der Waals surface area contributed by atoms with Crippen LogP contribution >= 0.6 is 11.3 Å². The first-order valence-corrected chi connectivity index (χ1v) is 27.3. The van der Waals surface area contributed by atoms with Gasteiger partial charge in [-0.25, -0.2) is 4.98 Å². The Labute approximate surface area is 453 Å². The molecule has 0 saturated heterocycles. The average Bonchev–Trinajstić information content (AvgIpc) is 3.99. The Morgan fingerprint density at radius 2 is 1.51 bits per heavy atom. The highest BCUT2D eigenvalue weighted by Gasteiger charge is 2.39. The van der Waals surface area contributed by atoms with Crippen LogP contribution in [0, 0.1) is 23.7 Å². The Morgan fingerprint density at radius 3 is 2.11 bits per heavy atom.